The first-order valence-corrected chi connectivity index (χ1v) is 6.65. The second-order valence-corrected chi connectivity index (χ2v) is 4.61. The molecule has 1 aromatic heterocycles. The molecule has 0 aliphatic carbocycles. The number of aromatic carboxylic acids is 1. The summed E-state index contributed by atoms with van der Waals surface area (Å²) in [7, 11) is 0. The van der Waals surface area contributed by atoms with Crippen molar-refractivity contribution in [2.45, 2.75) is 19.6 Å². The molecule has 128 valence electrons. The van der Waals surface area contributed by atoms with E-state index in [1.165, 1.54) is 10.9 Å². The molecule has 0 unspecified atom stereocenters. The number of alkyl halides is 2. The van der Waals surface area contributed by atoms with E-state index in [1.807, 2.05) is 0 Å². The quantitative estimate of drug-likeness (QED) is 0.805. The van der Waals surface area contributed by atoms with Gasteiger partial charge in [-0.25, -0.2) is 9.18 Å². The number of aryl methyl sites for hydroxylation is 1. The molecule has 2 aromatic rings. The maximum Gasteiger partial charge on any atom is 0.387 e. The molecule has 0 aliphatic heterocycles. The highest BCUT2D eigenvalue weighted by molar-refractivity contribution is 5.92. The van der Waals surface area contributed by atoms with Gasteiger partial charge in [-0.3, -0.25) is 9.48 Å². The van der Waals surface area contributed by atoms with Crippen LogP contribution in [-0.4, -0.2) is 33.4 Å². The summed E-state index contributed by atoms with van der Waals surface area (Å²) < 4.78 is 43.1. The lowest BCUT2D eigenvalue weighted by molar-refractivity contribution is -0.116. The van der Waals surface area contributed by atoms with E-state index in [4.69, 9.17) is 5.11 Å². The Morgan fingerprint density at radius 3 is 2.75 bits per heavy atom. The van der Waals surface area contributed by atoms with Crippen LogP contribution in [0, 0.1) is 5.82 Å². The summed E-state index contributed by atoms with van der Waals surface area (Å²) in [5.41, 5.74) is -0.130. The lowest BCUT2D eigenvalue weighted by atomic mass is 10.2. The van der Waals surface area contributed by atoms with E-state index in [0.29, 0.717) is 0 Å². The predicted octanol–water partition coefficient (Wildman–Crippen LogP) is 2.35. The van der Waals surface area contributed by atoms with E-state index in [9.17, 15) is 22.8 Å². The van der Waals surface area contributed by atoms with Gasteiger partial charge in [-0.15, -0.1) is 0 Å². The predicted molar refractivity (Wildman–Crippen MR) is 75.5 cm³/mol. The van der Waals surface area contributed by atoms with Gasteiger partial charge in [0, 0.05) is 25.2 Å². The normalized spacial score (nSPS) is 10.7. The van der Waals surface area contributed by atoms with Crippen LogP contribution < -0.4 is 10.1 Å². The minimum Gasteiger partial charge on any atom is -0.478 e. The molecule has 1 amide bonds. The summed E-state index contributed by atoms with van der Waals surface area (Å²) in [5.74, 6) is -2.99. The fourth-order valence-corrected chi connectivity index (χ4v) is 1.82. The molecule has 1 aromatic carbocycles. The molecular formula is C14H12F3N3O4. The average molecular weight is 343 g/mol. The average Bonchev–Trinajstić information content (AvgIpc) is 2.96. The van der Waals surface area contributed by atoms with Crippen LogP contribution >= 0.6 is 0 Å². The summed E-state index contributed by atoms with van der Waals surface area (Å²) in [4.78, 5) is 22.6. The number of anilines is 1. The third-order valence-corrected chi connectivity index (χ3v) is 2.88. The van der Waals surface area contributed by atoms with Gasteiger partial charge in [0.05, 0.1) is 17.4 Å². The molecule has 2 N–H and O–H groups in total. The van der Waals surface area contributed by atoms with E-state index in [2.05, 4.69) is 15.2 Å². The first-order valence-electron chi connectivity index (χ1n) is 6.65. The maximum absolute atomic E-state index is 13.1. The number of carboxylic acids is 1. The zero-order valence-electron chi connectivity index (χ0n) is 12.1. The molecule has 0 spiro atoms. The minimum absolute atomic E-state index is 0.0263. The molecule has 0 saturated heterocycles. The lowest BCUT2D eigenvalue weighted by Gasteiger charge is -2.12. The molecule has 24 heavy (non-hydrogen) atoms. The number of carboxylic acid groups (broad SMARTS) is 1. The van der Waals surface area contributed by atoms with Gasteiger partial charge in [0.15, 0.2) is 5.75 Å². The van der Waals surface area contributed by atoms with Gasteiger partial charge in [0.2, 0.25) is 5.91 Å². The Hall–Kier alpha value is -3.04. The van der Waals surface area contributed by atoms with Gasteiger partial charge in [0.25, 0.3) is 0 Å². The van der Waals surface area contributed by atoms with E-state index in [1.54, 1.807) is 0 Å². The number of halogens is 3. The van der Waals surface area contributed by atoms with E-state index in [-0.39, 0.29) is 24.2 Å². The number of aromatic nitrogens is 2. The summed E-state index contributed by atoms with van der Waals surface area (Å²) in [5, 5.41) is 14.8. The van der Waals surface area contributed by atoms with Crippen molar-refractivity contribution >= 4 is 17.6 Å². The molecule has 0 aliphatic rings. The summed E-state index contributed by atoms with van der Waals surface area (Å²) in [6.45, 7) is -3.09. The zero-order valence-corrected chi connectivity index (χ0v) is 12.1. The van der Waals surface area contributed by atoms with Gasteiger partial charge in [0.1, 0.15) is 5.82 Å². The lowest BCUT2D eigenvalue weighted by Crippen LogP contribution is -2.16. The minimum atomic E-state index is -3.17. The van der Waals surface area contributed by atoms with Crippen molar-refractivity contribution in [1.82, 2.24) is 9.78 Å². The smallest absolute Gasteiger partial charge is 0.387 e. The number of nitrogens with one attached hydrogen (secondary N) is 1. The van der Waals surface area contributed by atoms with Crippen LogP contribution in [0.5, 0.6) is 5.75 Å². The number of amides is 1. The summed E-state index contributed by atoms with van der Waals surface area (Å²) in [6.07, 6.45) is 2.28. The van der Waals surface area contributed by atoms with Crippen LogP contribution in [0.2, 0.25) is 0 Å². The van der Waals surface area contributed by atoms with E-state index in [0.717, 1.165) is 24.4 Å². The first-order chi connectivity index (χ1) is 11.3. The third-order valence-electron chi connectivity index (χ3n) is 2.88. The molecular weight excluding hydrogens is 331 g/mol. The number of hydrogen-bond acceptors (Lipinski definition) is 4. The molecule has 0 atom stereocenters. The van der Waals surface area contributed by atoms with Crippen molar-refractivity contribution in [3.63, 3.8) is 0 Å². The van der Waals surface area contributed by atoms with Crippen molar-refractivity contribution in [3.8, 4) is 5.75 Å². The van der Waals surface area contributed by atoms with Gasteiger partial charge in [-0.2, -0.15) is 13.9 Å². The number of carbonyl (C=O) groups excluding carboxylic acids is 1. The maximum atomic E-state index is 13.1. The highest BCUT2D eigenvalue weighted by Gasteiger charge is 2.14. The molecule has 0 fully saturated rings. The highest BCUT2D eigenvalue weighted by atomic mass is 19.3. The van der Waals surface area contributed by atoms with Gasteiger partial charge in [-0.1, -0.05) is 0 Å². The number of rotatable bonds is 7. The number of nitrogens with zero attached hydrogens (tertiary/aromatic N) is 2. The SMILES string of the molecule is O=C(CCn1cc(C(=O)O)cn1)Nc1ccc(F)cc1OC(F)F. The topological polar surface area (TPSA) is 93.5 Å². The van der Waals surface area contributed by atoms with Crippen LogP contribution in [0.25, 0.3) is 0 Å². The van der Waals surface area contributed by atoms with Crippen LogP contribution in [0.1, 0.15) is 16.8 Å². The van der Waals surface area contributed by atoms with Crippen LogP contribution in [-0.2, 0) is 11.3 Å². The molecule has 10 heteroatoms. The van der Waals surface area contributed by atoms with Crippen LogP contribution in [0.3, 0.4) is 0 Å². The van der Waals surface area contributed by atoms with E-state index >= 15 is 0 Å². The van der Waals surface area contributed by atoms with Gasteiger partial charge >= 0.3 is 12.6 Å². The highest BCUT2D eigenvalue weighted by Crippen LogP contribution is 2.27. The summed E-state index contributed by atoms with van der Waals surface area (Å²) in [6, 6.07) is 2.82. The molecule has 7 nitrogen and oxygen atoms in total. The van der Waals surface area contributed by atoms with Crippen molar-refractivity contribution in [3.05, 3.63) is 42.0 Å². The second kappa shape index (κ2) is 7.49. The molecule has 0 radical (unpaired) electrons. The molecule has 0 bridgehead atoms. The van der Waals surface area contributed by atoms with Crippen molar-refractivity contribution in [2.75, 3.05) is 5.32 Å². The Labute approximate surface area is 133 Å². The second-order valence-electron chi connectivity index (χ2n) is 4.61. The zero-order chi connectivity index (χ0) is 17.7. The van der Waals surface area contributed by atoms with Gasteiger partial charge < -0.3 is 15.2 Å². The van der Waals surface area contributed by atoms with E-state index < -0.39 is 30.1 Å². The first kappa shape index (κ1) is 17.3. The van der Waals surface area contributed by atoms with Crippen molar-refractivity contribution < 1.29 is 32.6 Å². The molecule has 0 saturated carbocycles. The standard InChI is InChI=1S/C14H12F3N3O4/c15-9-1-2-10(11(5-9)24-14(16)17)19-12(21)3-4-20-7-8(6-18-20)13(22)23/h1-2,5-7,14H,3-4H2,(H,19,21)(H,22,23). The number of benzene rings is 1. The van der Waals surface area contributed by atoms with Gasteiger partial charge in [-0.05, 0) is 12.1 Å². The fraction of sp³-hybridized carbons (Fsp3) is 0.214. The Morgan fingerprint density at radius 1 is 1.38 bits per heavy atom. The number of hydrogen-bond donors (Lipinski definition) is 2. The van der Waals surface area contributed by atoms with Crippen molar-refractivity contribution in [2.24, 2.45) is 0 Å². The van der Waals surface area contributed by atoms with Crippen LogP contribution in [0.15, 0.2) is 30.6 Å². The fourth-order valence-electron chi connectivity index (χ4n) is 1.82. The Bertz CT molecular complexity index is 749. The Kier molecular flexibility index (Phi) is 5.40. The Balaban J connectivity index is 1.97. The largest absolute Gasteiger partial charge is 0.478 e. The molecule has 2 rings (SSSR count). The Morgan fingerprint density at radius 2 is 2.12 bits per heavy atom. The van der Waals surface area contributed by atoms with Crippen molar-refractivity contribution in [1.29, 1.82) is 0 Å². The third kappa shape index (κ3) is 4.73. The molecule has 1 heterocycles. The number of carbonyl (C=O) groups is 2. The monoisotopic (exact) mass is 343 g/mol. The number of ether oxygens (including phenoxy) is 1. The summed E-state index contributed by atoms with van der Waals surface area (Å²) >= 11 is 0. The van der Waals surface area contributed by atoms with Crippen LogP contribution in [0.4, 0.5) is 18.9 Å².